The number of nitrogen functional groups attached to an aromatic ring is 1. The Morgan fingerprint density at radius 3 is 2.42 bits per heavy atom. The number of primary amides is 1. The summed E-state index contributed by atoms with van der Waals surface area (Å²) in [5.41, 5.74) is 7.85. The van der Waals surface area contributed by atoms with E-state index in [9.17, 15) is 34.8 Å². The second-order valence-electron chi connectivity index (χ2n) is 8.50. The predicted octanol–water partition coefficient (Wildman–Crippen LogP) is -0.454. The zero-order valence-electron chi connectivity index (χ0n) is 16.9. The molecule has 0 spiro atoms. The van der Waals surface area contributed by atoms with Gasteiger partial charge in [0.05, 0.1) is 17.3 Å². The molecule has 3 aliphatic rings. The minimum Gasteiger partial charge on any atom is -0.508 e. The third-order valence-corrected chi connectivity index (χ3v) is 6.62. The number of anilines is 1. The fourth-order valence-electron chi connectivity index (χ4n) is 5.23. The summed E-state index contributed by atoms with van der Waals surface area (Å²) in [5.74, 6) is -6.84. The van der Waals surface area contributed by atoms with Gasteiger partial charge in [0.15, 0.2) is 11.4 Å². The van der Waals surface area contributed by atoms with Gasteiger partial charge < -0.3 is 31.9 Å². The quantitative estimate of drug-likeness (QED) is 0.205. The molecule has 0 saturated heterocycles. The number of aromatic hydroxyl groups is 1. The standard InChI is InChI=1S/C21H23N3O7/c1-24(2)14-9-6-8-5-7-3-4-10(22)15(25)11(7)16(26)12(8)18(28)21(9,31)19(29)13(17(14)27)20(23)30/h3-4,8-9,14,25-26,29,31H,5-6,22H2,1-2H3,(H2,23,30)/t8-,9-,14-,21?/m0/s1. The van der Waals surface area contributed by atoms with E-state index in [-0.39, 0.29) is 29.7 Å². The van der Waals surface area contributed by atoms with Crippen LogP contribution < -0.4 is 11.5 Å². The number of phenols is 1. The molecule has 4 atom stereocenters. The first-order chi connectivity index (χ1) is 14.4. The van der Waals surface area contributed by atoms with Crippen molar-refractivity contribution in [2.75, 3.05) is 19.8 Å². The van der Waals surface area contributed by atoms with Crippen molar-refractivity contribution in [3.63, 3.8) is 0 Å². The number of aliphatic hydroxyl groups excluding tert-OH is 2. The maximum atomic E-state index is 13.5. The van der Waals surface area contributed by atoms with Crippen molar-refractivity contribution in [3.8, 4) is 5.75 Å². The molecule has 164 valence electrons. The number of amides is 1. The minimum atomic E-state index is -2.64. The molecule has 0 aliphatic heterocycles. The number of aliphatic hydroxyl groups is 3. The number of Topliss-reactive ketones (excluding diaryl/α,β-unsaturated/α-hetero) is 2. The Morgan fingerprint density at radius 1 is 1.19 bits per heavy atom. The molecule has 4 rings (SSSR count). The van der Waals surface area contributed by atoms with E-state index in [2.05, 4.69) is 0 Å². The molecular weight excluding hydrogens is 406 g/mol. The highest BCUT2D eigenvalue weighted by molar-refractivity contribution is 6.24. The van der Waals surface area contributed by atoms with E-state index in [0.29, 0.717) is 5.56 Å². The van der Waals surface area contributed by atoms with Gasteiger partial charge in [-0.1, -0.05) is 6.07 Å². The van der Waals surface area contributed by atoms with Crippen molar-refractivity contribution in [2.24, 2.45) is 17.6 Å². The SMILES string of the molecule is CN(C)[C@@H]1C(=O)C(C(N)=O)=C(O)C2(O)C(=O)C3=C(O)c4c(ccc(N)c4O)C[C@H]3C[C@@H]12. The van der Waals surface area contributed by atoms with Crippen molar-refractivity contribution in [1.82, 2.24) is 4.90 Å². The Morgan fingerprint density at radius 2 is 1.84 bits per heavy atom. The fraction of sp³-hybridized carbons (Fsp3) is 0.381. The number of rotatable bonds is 2. The van der Waals surface area contributed by atoms with Gasteiger partial charge in [0.1, 0.15) is 22.8 Å². The first kappa shape index (κ1) is 20.9. The topological polar surface area (TPSA) is 187 Å². The number of fused-ring (bicyclic) bond motifs is 3. The van der Waals surface area contributed by atoms with Crippen LogP contribution in [0.3, 0.4) is 0 Å². The average molecular weight is 429 g/mol. The number of carbonyl (C=O) groups is 3. The second kappa shape index (κ2) is 6.56. The van der Waals surface area contributed by atoms with Crippen molar-refractivity contribution >= 4 is 28.9 Å². The minimum absolute atomic E-state index is 0.00103. The Labute approximate surface area is 177 Å². The van der Waals surface area contributed by atoms with Gasteiger partial charge in [0.2, 0.25) is 5.78 Å². The summed E-state index contributed by atoms with van der Waals surface area (Å²) in [6.45, 7) is 0. The van der Waals surface area contributed by atoms with Crippen LogP contribution in [0.1, 0.15) is 17.5 Å². The molecule has 1 aromatic carbocycles. The van der Waals surface area contributed by atoms with Crippen molar-refractivity contribution in [2.45, 2.75) is 24.5 Å². The van der Waals surface area contributed by atoms with E-state index in [1.54, 1.807) is 20.2 Å². The second-order valence-corrected chi connectivity index (χ2v) is 8.50. The van der Waals surface area contributed by atoms with Crippen molar-refractivity contribution in [3.05, 3.63) is 40.2 Å². The number of likely N-dealkylation sites (N-methyl/N-ethyl adjacent to an activating group) is 1. The first-order valence-electron chi connectivity index (χ1n) is 9.68. The van der Waals surface area contributed by atoms with Gasteiger partial charge in [-0.2, -0.15) is 0 Å². The Hall–Kier alpha value is -3.37. The van der Waals surface area contributed by atoms with E-state index in [1.807, 2.05) is 0 Å². The van der Waals surface area contributed by atoms with Crippen LogP contribution in [0.2, 0.25) is 0 Å². The van der Waals surface area contributed by atoms with Gasteiger partial charge in [-0.15, -0.1) is 0 Å². The lowest BCUT2D eigenvalue weighted by atomic mass is 9.57. The van der Waals surface area contributed by atoms with Crippen molar-refractivity contribution < 1.29 is 34.8 Å². The molecule has 0 aromatic heterocycles. The van der Waals surface area contributed by atoms with E-state index in [0.717, 1.165) is 0 Å². The molecular formula is C21H23N3O7. The third kappa shape index (κ3) is 2.55. The molecule has 10 nitrogen and oxygen atoms in total. The van der Waals surface area contributed by atoms with Gasteiger partial charge in [0, 0.05) is 11.5 Å². The molecule has 3 aliphatic carbocycles. The van der Waals surface area contributed by atoms with Crippen LogP contribution in [0.4, 0.5) is 5.69 Å². The smallest absolute Gasteiger partial charge is 0.255 e. The van der Waals surface area contributed by atoms with Crippen LogP contribution in [-0.4, -0.2) is 68.5 Å². The number of hydrogen-bond donors (Lipinski definition) is 6. The lowest BCUT2D eigenvalue weighted by molar-refractivity contribution is -0.153. The van der Waals surface area contributed by atoms with Crippen LogP contribution in [0.25, 0.3) is 5.76 Å². The van der Waals surface area contributed by atoms with Crippen LogP contribution in [0.15, 0.2) is 29.0 Å². The summed E-state index contributed by atoms with van der Waals surface area (Å²) in [4.78, 5) is 39.8. The zero-order valence-corrected chi connectivity index (χ0v) is 16.9. The highest BCUT2D eigenvalue weighted by atomic mass is 16.3. The third-order valence-electron chi connectivity index (χ3n) is 6.62. The lowest BCUT2D eigenvalue weighted by Gasteiger charge is -2.50. The Balaban J connectivity index is 1.98. The number of nitrogens with zero attached hydrogens (tertiary/aromatic N) is 1. The lowest BCUT2D eigenvalue weighted by Crippen LogP contribution is -2.65. The average Bonchev–Trinajstić information content (AvgIpc) is 2.67. The monoisotopic (exact) mass is 429 g/mol. The number of benzene rings is 1. The highest BCUT2D eigenvalue weighted by Gasteiger charge is 2.64. The van der Waals surface area contributed by atoms with Gasteiger partial charge in [-0.25, -0.2) is 0 Å². The summed E-state index contributed by atoms with van der Waals surface area (Å²) in [6, 6.07) is 2.01. The fourth-order valence-corrected chi connectivity index (χ4v) is 5.23. The molecule has 8 N–H and O–H groups in total. The maximum Gasteiger partial charge on any atom is 0.255 e. The summed E-state index contributed by atoms with van der Waals surface area (Å²) in [7, 11) is 3.10. The van der Waals surface area contributed by atoms with E-state index >= 15 is 0 Å². The number of nitrogens with two attached hydrogens (primary N) is 2. The van der Waals surface area contributed by atoms with Crippen LogP contribution in [0.5, 0.6) is 5.75 Å². The summed E-state index contributed by atoms with van der Waals surface area (Å²) >= 11 is 0. The molecule has 31 heavy (non-hydrogen) atoms. The molecule has 0 heterocycles. The first-order valence-corrected chi connectivity index (χ1v) is 9.68. The Kier molecular flexibility index (Phi) is 4.42. The van der Waals surface area contributed by atoms with E-state index < -0.39 is 63.8 Å². The number of ketones is 2. The van der Waals surface area contributed by atoms with Crippen LogP contribution >= 0.6 is 0 Å². The normalized spacial score (nSPS) is 30.3. The summed E-state index contributed by atoms with van der Waals surface area (Å²) in [5, 5.41) is 43.4. The van der Waals surface area contributed by atoms with Gasteiger partial charge in [-0.3, -0.25) is 19.3 Å². The number of hydrogen-bond acceptors (Lipinski definition) is 9. The van der Waals surface area contributed by atoms with Crippen LogP contribution in [0, 0.1) is 11.8 Å². The van der Waals surface area contributed by atoms with Crippen LogP contribution in [-0.2, 0) is 20.8 Å². The largest absolute Gasteiger partial charge is 0.508 e. The molecule has 1 amide bonds. The summed E-state index contributed by atoms with van der Waals surface area (Å²) < 4.78 is 0. The maximum absolute atomic E-state index is 13.5. The molecule has 1 unspecified atom stereocenters. The summed E-state index contributed by atoms with van der Waals surface area (Å²) in [6.07, 6.45) is 0.291. The van der Waals surface area contributed by atoms with Gasteiger partial charge >= 0.3 is 0 Å². The molecule has 1 aromatic rings. The number of carbonyl (C=O) groups excluding carboxylic acids is 3. The van der Waals surface area contributed by atoms with Gasteiger partial charge in [-0.05, 0) is 44.5 Å². The Bertz CT molecular complexity index is 1120. The van der Waals surface area contributed by atoms with E-state index in [4.69, 9.17) is 11.5 Å². The molecule has 1 saturated carbocycles. The predicted molar refractivity (Wildman–Crippen MR) is 109 cm³/mol. The molecule has 0 bridgehead atoms. The number of phenolic OH excluding ortho intramolecular Hbond substituents is 1. The molecule has 10 heteroatoms. The van der Waals surface area contributed by atoms with Gasteiger partial charge in [0.25, 0.3) is 5.91 Å². The molecule has 1 fully saturated rings. The molecule has 0 radical (unpaired) electrons. The highest BCUT2D eigenvalue weighted by Crippen LogP contribution is 2.52. The van der Waals surface area contributed by atoms with E-state index in [1.165, 1.54) is 11.0 Å². The zero-order chi connectivity index (χ0) is 23.0. The van der Waals surface area contributed by atoms with Crippen molar-refractivity contribution in [1.29, 1.82) is 0 Å².